The van der Waals surface area contributed by atoms with E-state index in [9.17, 15) is 4.79 Å². The maximum Gasteiger partial charge on any atom is 0.261 e. The second kappa shape index (κ2) is 7.63. The molecule has 0 aliphatic rings. The quantitative estimate of drug-likeness (QED) is 0.619. The molecule has 0 aromatic carbocycles. The molecule has 0 atom stereocenters. The fraction of sp³-hybridized carbons (Fsp3) is 0.417. The molecular weight excluding hydrogens is 302 g/mol. The van der Waals surface area contributed by atoms with Crippen LogP contribution in [0.4, 0.5) is 0 Å². The third kappa shape index (κ3) is 5.02. The highest BCUT2D eigenvalue weighted by atomic mass is 79.9. The molecule has 1 aromatic rings. The molecule has 0 radical (unpaired) electrons. The first-order valence-electron chi connectivity index (χ1n) is 5.38. The van der Waals surface area contributed by atoms with Crippen LogP contribution < -0.4 is 5.32 Å². The van der Waals surface area contributed by atoms with Crippen LogP contribution in [0.2, 0.25) is 0 Å². The van der Waals surface area contributed by atoms with E-state index in [1.807, 2.05) is 19.1 Å². The molecule has 1 N–H and O–H groups in total. The maximum atomic E-state index is 11.7. The van der Waals surface area contributed by atoms with Crippen LogP contribution in [0.15, 0.2) is 22.5 Å². The van der Waals surface area contributed by atoms with Gasteiger partial charge in [-0.15, -0.1) is 17.9 Å². The van der Waals surface area contributed by atoms with E-state index in [-0.39, 0.29) is 5.91 Å². The Bertz CT molecular complexity index is 370. The van der Waals surface area contributed by atoms with Gasteiger partial charge < -0.3 is 10.1 Å². The minimum absolute atomic E-state index is 0.0453. The molecule has 5 heteroatoms. The average molecular weight is 318 g/mol. The van der Waals surface area contributed by atoms with Gasteiger partial charge in [-0.25, -0.2) is 0 Å². The van der Waals surface area contributed by atoms with Crippen LogP contribution in [-0.4, -0.2) is 25.7 Å². The van der Waals surface area contributed by atoms with Crippen LogP contribution in [0.5, 0.6) is 0 Å². The number of halogens is 1. The smallest absolute Gasteiger partial charge is 0.261 e. The van der Waals surface area contributed by atoms with Crippen molar-refractivity contribution >= 4 is 33.2 Å². The lowest BCUT2D eigenvalue weighted by molar-refractivity contribution is 0.0922. The normalized spacial score (nSPS) is 10.2. The molecule has 1 heterocycles. The van der Waals surface area contributed by atoms with Crippen LogP contribution in [-0.2, 0) is 4.74 Å². The van der Waals surface area contributed by atoms with Crippen molar-refractivity contribution in [2.24, 2.45) is 0 Å². The average Bonchev–Trinajstić information content (AvgIpc) is 2.64. The first-order valence-corrected chi connectivity index (χ1v) is 6.99. The summed E-state index contributed by atoms with van der Waals surface area (Å²) in [6.45, 7) is 7.29. The summed E-state index contributed by atoms with van der Waals surface area (Å²) in [5.74, 6) is -0.0453. The summed E-state index contributed by atoms with van der Waals surface area (Å²) in [5.41, 5.74) is 1.09. The monoisotopic (exact) mass is 317 g/mol. The molecule has 0 bridgehead atoms. The highest BCUT2D eigenvalue weighted by molar-refractivity contribution is 9.11. The van der Waals surface area contributed by atoms with Gasteiger partial charge in [-0.05, 0) is 40.9 Å². The van der Waals surface area contributed by atoms with E-state index in [0.29, 0.717) is 19.8 Å². The number of thiophene rings is 1. The summed E-state index contributed by atoms with van der Waals surface area (Å²) < 4.78 is 6.30. The van der Waals surface area contributed by atoms with Crippen LogP contribution >= 0.6 is 27.3 Å². The van der Waals surface area contributed by atoms with Crippen molar-refractivity contribution in [3.05, 3.63) is 32.9 Å². The van der Waals surface area contributed by atoms with Gasteiger partial charge in [-0.3, -0.25) is 4.79 Å². The zero-order valence-electron chi connectivity index (χ0n) is 9.79. The van der Waals surface area contributed by atoms with E-state index in [1.54, 1.807) is 0 Å². The number of ether oxygens (including phenoxy) is 1. The van der Waals surface area contributed by atoms with E-state index >= 15 is 0 Å². The molecule has 0 aliphatic carbocycles. The van der Waals surface area contributed by atoms with Gasteiger partial charge in [0.15, 0.2) is 0 Å². The molecule has 0 saturated carbocycles. The minimum atomic E-state index is -0.0453. The second-order valence-corrected chi connectivity index (χ2v) is 5.88. The number of hydrogen-bond acceptors (Lipinski definition) is 3. The van der Waals surface area contributed by atoms with E-state index < -0.39 is 0 Å². The zero-order chi connectivity index (χ0) is 12.7. The summed E-state index contributed by atoms with van der Waals surface area (Å²) in [4.78, 5) is 12.4. The molecule has 1 amide bonds. The van der Waals surface area contributed by atoms with E-state index in [0.717, 1.165) is 20.6 Å². The Balaban J connectivity index is 2.23. The predicted octanol–water partition coefficient (Wildman–Crippen LogP) is 3.14. The fourth-order valence-corrected chi connectivity index (χ4v) is 2.62. The number of hydrogen-bond donors (Lipinski definition) is 1. The van der Waals surface area contributed by atoms with E-state index in [1.165, 1.54) is 11.3 Å². The first kappa shape index (κ1) is 14.4. The lowest BCUT2D eigenvalue weighted by Gasteiger charge is -2.04. The topological polar surface area (TPSA) is 38.3 Å². The van der Waals surface area contributed by atoms with Crippen molar-refractivity contribution in [3.63, 3.8) is 0 Å². The number of rotatable bonds is 7. The summed E-state index contributed by atoms with van der Waals surface area (Å²) in [6.07, 6.45) is 2.65. The van der Waals surface area contributed by atoms with Gasteiger partial charge in [0.1, 0.15) is 0 Å². The standard InChI is InChI=1S/C12H16BrNO2S/c1-3-4-6-16-7-5-14-12(15)10-8-9(2)11(13)17-10/h3,8H,1,4-7H2,2H3,(H,14,15). The minimum Gasteiger partial charge on any atom is -0.379 e. The van der Waals surface area contributed by atoms with Crippen LogP contribution in [0.25, 0.3) is 0 Å². The molecule has 0 aliphatic heterocycles. The molecule has 0 fully saturated rings. The van der Waals surface area contributed by atoms with Gasteiger partial charge in [0, 0.05) is 6.54 Å². The van der Waals surface area contributed by atoms with Gasteiger partial charge in [0.05, 0.1) is 21.9 Å². The predicted molar refractivity (Wildman–Crippen MR) is 74.7 cm³/mol. The highest BCUT2D eigenvalue weighted by Gasteiger charge is 2.10. The Labute approximate surface area is 114 Å². The molecule has 3 nitrogen and oxygen atoms in total. The largest absolute Gasteiger partial charge is 0.379 e. The highest BCUT2D eigenvalue weighted by Crippen LogP contribution is 2.26. The summed E-state index contributed by atoms with van der Waals surface area (Å²) in [7, 11) is 0. The number of nitrogens with one attached hydrogen (secondary N) is 1. The summed E-state index contributed by atoms with van der Waals surface area (Å²) >= 11 is 4.84. The van der Waals surface area contributed by atoms with Crippen LogP contribution in [0.3, 0.4) is 0 Å². The zero-order valence-corrected chi connectivity index (χ0v) is 12.2. The third-order valence-corrected chi connectivity index (χ3v) is 4.21. The van der Waals surface area contributed by atoms with Crippen LogP contribution in [0, 0.1) is 6.92 Å². The fourth-order valence-electron chi connectivity index (χ4n) is 1.16. The molecule has 0 saturated heterocycles. The van der Waals surface area contributed by atoms with E-state index in [4.69, 9.17) is 4.74 Å². The van der Waals surface area contributed by atoms with Gasteiger partial charge >= 0.3 is 0 Å². The number of carbonyl (C=O) groups excluding carboxylic acids is 1. The van der Waals surface area contributed by atoms with Gasteiger partial charge in [0.25, 0.3) is 5.91 Å². The van der Waals surface area contributed by atoms with Gasteiger partial charge in [-0.2, -0.15) is 0 Å². The molecule has 0 spiro atoms. The Hall–Kier alpha value is -0.650. The first-order chi connectivity index (χ1) is 8.15. The molecule has 1 aromatic heterocycles. The lowest BCUT2D eigenvalue weighted by atomic mass is 10.3. The lowest BCUT2D eigenvalue weighted by Crippen LogP contribution is -2.26. The second-order valence-electron chi connectivity index (χ2n) is 3.51. The van der Waals surface area contributed by atoms with Gasteiger partial charge in [0.2, 0.25) is 0 Å². The Kier molecular flexibility index (Phi) is 6.47. The molecular formula is C12H16BrNO2S. The summed E-state index contributed by atoms with van der Waals surface area (Å²) in [6, 6.07) is 1.88. The van der Waals surface area contributed by atoms with Crippen LogP contribution in [0.1, 0.15) is 21.7 Å². The van der Waals surface area contributed by atoms with Gasteiger partial charge in [-0.1, -0.05) is 6.08 Å². The Morgan fingerprint density at radius 3 is 3.00 bits per heavy atom. The van der Waals surface area contributed by atoms with Crippen molar-refractivity contribution in [1.29, 1.82) is 0 Å². The SMILES string of the molecule is C=CCCOCCNC(=O)c1cc(C)c(Br)s1. The number of aryl methyl sites for hydroxylation is 1. The van der Waals surface area contributed by atoms with E-state index in [2.05, 4.69) is 27.8 Å². The summed E-state index contributed by atoms with van der Waals surface area (Å²) in [5, 5.41) is 2.82. The Morgan fingerprint density at radius 2 is 2.41 bits per heavy atom. The Morgan fingerprint density at radius 1 is 1.65 bits per heavy atom. The van der Waals surface area contributed by atoms with Crippen molar-refractivity contribution in [2.75, 3.05) is 19.8 Å². The number of carbonyl (C=O) groups is 1. The molecule has 17 heavy (non-hydrogen) atoms. The molecule has 1 rings (SSSR count). The molecule has 94 valence electrons. The van der Waals surface area contributed by atoms with Crippen molar-refractivity contribution < 1.29 is 9.53 Å². The van der Waals surface area contributed by atoms with Crippen molar-refractivity contribution in [1.82, 2.24) is 5.32 Å². The third-order valence-electron chi connectivity index (χ3n) is 2.08. The maximum absolute atomic E-state index is 11.7. The van der Waals surface area contributed by atoms with Crippen molar-refractivity contribution in [3.8, 4) is 0 Å². The van der Waals surface area contributed by atoms with Crippen molar-refractivity contribution in [2.45, 2.75) is 13.3 Å². The number of amides is 1. The molecule has 0 unspecified atom stereocenters.